The number of fused-ring (bicyclic) bond motifs is 1. The zero-order valence-electron chi connectivity index (χ0n) is 17.2. The zero-order chi connectivity index (χ0) is 21.8. The van der Waals surface area contributed by atoms with Gasteiger partial charge in [0.05, 0.1) is 0 Å². The van der Waals surface area contributed by atoms with Gasteiger partial charge < -0.3 is 24.1 Å². The van der Waals surface area contributed by atoms with Crippen LogP contribution in [0.4, 0.5) is 0 Å². The van der Waals surface area contributed by atoms with Crippen molar-refractivity contribution in [3.05, 3.63) is 70.8 Å². The minimum Gasteiger partial charge on any atom is -0.504 e. The van der Waals surface area contributed by atoms with Gasteiger partial charge >= 0.3 is 5.97 Å². The Hall–Kier alpha value is -3.91. The Labute approximate surface area is 178 Å². The standard InChI is InChI=1S/C23H22N4O4/c1-27(2)11-12-30-23(29)19-20(28)18(31-21(19)17-8-4-3-5-9-24-17)13-15-14-26-22-16(15)7-6-10-25-22/h3-10,13-14,28H,11-12H2,1-2H3,(H,25,26). The number of rotatable bonds is 5. The molecule has 8 nitrogen and oxygen atoms in total. The molecule has 2 N–H and O–H groups in total. The first-order valence-corrected chi connectivity index (χ1v) is 9.74. The smallest absolute Gasteiger partial charge is 0.346 e. The fraction of sp³-hybridized carbons (Fsp3) is 0.174. The Kier molecular flexibility index (Phi) is 5.81. The number of furan rings is 1. The molecule has 0 aromatic carbocycles. The number of ether oxygens (including phenoxy) is 1. The number of hydrogen-bond acceptors (Lipinski definition) is 7. The summed E-state index contributed by atoms with van der Waals surface area (Å²) < 4.78 is 11.3. The monoisotopic (exact) mass is 418 g/mol. The number of carbonyl (C=O) groups is 1. The maximum absolute atomic E-state index is 12.8. The van der Waals surface area contributed by atoms with Gasteiger partial charge in [-0.15, -0.1) is 0 Å². The van der Waals surface area contributed by atoms with Gasteiger partial charge in [0.2, 0.25) is 0 Å². The van der Waals surface area contributed by atoms with E-state index in [1.807, 2.05) is 31.1 Å². The quantitative estimate of drug-likeness (QED) is 0.612. The van der Waals surface area contributed by atoms with Crippen LogP contribution in [0.3, 0.4) is 0 Å². The summed E-state index contributed by atoms with van der Waals surface area (Å²) in [5, 5.41) is 11.8. The predicted octanol–water partition coefficient (Wildman–Crippen LogP) is 1.71. The Morgan fingerprint density at radius 3 is 3.03 bits per heavy atom. The van der Waals surface area contributed by atoms with E-state index >= 15 is 0 Å². The minimum absolute atomic E-state index is 0.0540. The van der Waals surface area contributed by atoms with Crippen LogP contribution in [0.5, 0.6) is 5.75 Å². The fourth-order valence-electron chi connectivity index (χ4n) is 3.10. The average Bonchev–Trinajstić information content (AvgIpc) is 3.17. The number of aromatic hydroxyl groups is 1. The summed E-state index contributed by atoms with van der Waals surface area (Å²) in [6.07, 6.45) is 13.7. The van der Waals surface area contributed by atoms with Crippen LogP contribution in [0.2, 0.25) is 0 Å². The van der Waals surface area contributed by atoms with Crippen molar-refractivity contribution in [1.82, 2.24) is 14.9 Å². The van der Waals surface area contributed by atoms with Crippen LogP contribution in [-0.4, -0.2) is 59.4 Å². The van der Waals surface area contributed by atoms with Crippen LogP contribution >= 0.6 is 0 Å². The number of allylic oxidation sites excluding steroid dienone is 3. The number of carbonyl (C=O) groups excluding carboxylic acids is 1. The van der Waals surface area contributed by atoms with Crippen LogP contribution < -0.4 is 10.8 Å². The summed E-state index contributed by atoms with van der Waals surface area (Å²) in [5.74, 6) is -0.969. The van der Waals surface area contributed by atoms with E-state index in [0.717, 1.165) is 10.9 Å². The lowest BCUT2D eigenvalue weighted by Crippen LogP contribution is -2.22. The maximum Gasteiger partial charge on any atom is 0.346 e. The van der Waals surface area contributed by atoms with Crippen LogP contribution in [0.25, 0.3) is 22.8 Å². The van der Waals surface area contributed by atoms with Crippen molar-refractivity contribution in [2.75, 3.05) is 27.2 Å². The van der Waals surface area contributed by atoms with Crippen LogP contribution in [0, 0.1) is 0 Å². The maximum atomic E-state index is 12.8. The molecule has 1 aliphatic heterocycles. The minimum atomic E-state index is -0.674. The van der Waals surface area contributed by atoms with Gasteiger partial charge in [0.1, 0.15) is 18.0 Å². The molecular weight excluding hydrogens is 396 g/mol. The normalized spacial score (nSPS) is 15.8. The number of pyridine rings is 1. The molecule has 158 valence electrons. The zero-order valence-corrected chi connectivity index (χ0v) is 17.2. The van der Waals surface area contributed by atoms with E-state index in [0.29, 0.717) is 17.9 Å². The van der Waals surface area contributed by atoms with E-state index in [1.165, 1.54) is 0 Å². The summed E-state index contributed by atoms with van der Waals surface area (Å²) in [4.78, 5) is 26.4. The number of H-pyrrole nitrogens is 1. The lowest BCUT2D eigenvalue weighted by Gasteiger charge is -2.09. The third kappa shape index (κ3) is 4.34. The van der Waals surface area contributed by atoms with Gasteiger partial charge in [0.15, 0.2) is 22.1 Å². The van der Waals surface area contributed by atoms with Crippen molar-refractivity contribution in [3.63, 3.8) is 0 Å². The first kappa shape index (κ1) is 20.4. The highest BCUT2D eigenvalue weighted by Crippen LogP contribution is 2.18. The molecule has 0 aliphatic carbocycles. The molecule has 3 aromatic rings. The van der Waals surface area contributed by atoms with Gasteiger partial charge in [0.25, 0.3) is 0 Å². The molecule has 0 spiro atoms. The predicted molar refractivity (Wildman–Crippen MR) is 118 cm³/mol. The lowest BCUT2D eigenvalue weighted by atomic mass is 10.2. The highest BCUT2D eigenvalue weighted by molar-refractivity contribution is 5.94. The molecular formula is C23H22N4O4. The number of hydrogen-bond donors (Lipinski definition) is 2. The molecule has 4 rings (SSSR count). The molecule has 4 heterocycles. The van der Waals surface area contributed by atoms with Crippen molar-refractivity contribution in [2.45, 2.75) is 0 Å². The second kappa shape index (κ2) is 8.85. The summed E-state index contributed by atoms with van der Waals surface area (Å²) in [5.41, 5.74) is 2.10. The molecule has 8 heteroatoms. The second-order valence-corrected chi connectivity index (χ2v) is 7.15. The van der Waals surface area contributed by atoms with Crippen LogP contribution in [0.15, 0.2) is 58.2 Å². The van der Waals surface area contributed by atoms with Gasteiger partial charge in [-0.2, -0.15) is 0 Å². The molecule has 0 saturated heterocycles. The van der Waals surface area contributed by atoms with Crippen molar-refractivity contribution >= 4 is 35.0 Å². The van der Waals surface area contributed by atoms with E-state index in [4.69, 9.17) is 9.15 Å². The third-order valence-corrected chi connectivity index (χ3v) is 4.66. The van der Waals surface area contributed by atoms with Crippen molar-refractivity contribution in [2.24, 2.45) is 4.99 Å². The molecule has 0 amide bonds. The molecule has 3 aromatic heterocycles. The molecule has 0 saturated carbocycles. The second-order valence-electron chi connectivity index (χ2n) is 7.15. The average molecular weight is 418 g/mol. The number of aliphatic imine (C=N–C) groups is 1. The lowest BCUT2D eigenvalue weighted by molar-refractivity contribution is 0.0476. The van der Waals surface area contributed by atoms with E-state index in [2.05, 4.69) is 15.0 Å². The van der Waals surface area contributed by atoms with E-state index in [9.17, 15) is 9.90 Å². The van der Waals surface area contributed by atoms with Crippen LogP contribution in [-0.2, 0) is 4.74 Å². The number of nitrogens with zero attached hydrogens (tertiary/aromatic N) is 3. The highest BCUT2D eigenvalue weighted by Gasteiger charge is 2.23. The van der Waals surface area contributed by atoms with Crippen molar-refractivity contribution in [3.8, 4) is 5.75 Å². The number of likely N-dealkylation sites (N-methyl/N-ethyl adjacent to an activating group) is 1. The Bertz CT molecular complexity index is 1310. The van der Waals surface area contributed by atoms with Gasteiger partial charge in [-0.25, -0.2) is 9.78 Å². The number of nitrogens with one attached hydrogen (secondary N) is 1. The largest absolute Gasteiger partial charge is 0.504 e. The molecule has 31 heavy (non-hydrogen) atoms. The molecule has 0 radical (unpaired) electrons. The van der Waals surface area contributed by atoms with E-state index in [-0.39, 0.29) is 28.8 Å². The highest BCUT2D eigenvalue weighted by atomic mass is 16.5. The summed E-state index contributed by atoms with van der Waals surface area (Å²) in [6, 6.07) is 3.73. The topological polar surface area (TPSA) is 104 Å². The molecule has 0 bridgehead atoms. The Morgan fingerprint density at radius 1 is 1.32 bits per heavy atom. The third-order valence-electron chi connectivity index (χ3n) is 4.66. The number of aromatic amines is 1. The van der Waals surface area contributed by atoms with E-state index < -0.39 is 5.97 Å². The fourth-order valence-corrected chi connectivity index (χ4v) is 3.10. The summed E-state index contributed by atoms with van der Waals surface area (Å²) in [6.45, 7) is 0.735. The summed E-state index contributed by atoms with van der Waals surface area (Å²) in [7, 11) is 3.76. The van der Waals surface area contributed by atoms with Crippen molar-refractivity contribution in [1.29, 1.82) is 0 Å². The number of aromatic nitrogens is 2. The Balaban J connectivity index is 1.86. The number of esters is 1. The molecule has 0 unspecified atom stereocenters. The van der Waals surface area contributed by atoms with Gasteiger partial charge in [0, 0.05) is 36.1 Å². The summed E-state index contributed by atoms with van der Waals surface area (Å²) >= 11 is 0. The van der Waals surface area contributed by atoms with Crippen molar-refractivity contribution < 1.29 is 19.1 Å². The SMILES string of the molecule is CN(C)CCOC(=O)c1c(O)c(=Cc2c[nH]c3ncccc23)oc1=C1C=CC=CC=N1. The van der Waals surface area contributed by atoms with Gasteiger partial charge in [-0.05, 0) is 44.5 Å². The molecule has 0 atom stereocenters. The van der Waals surface area contributed by atoms with Gasteiger partial charge in [-0.1, -0.05) is 12.2 Å². The molecule has 1 aliphatic rings. The first-order valence-electron chi connectivity index (χ1n) is 9.74. The van der Waals surface area contributed by atoms with E-state index in [1.54, 1.807) is 49.0 Å². The van der Waals surface area contributed by atoms with Crippen LogP contribution in [0.1, 0.15) is 15.9 Å². The molecule has 0 fully saturated rings. The first-order chi connectivity index (χ1) is 15.0. The van der Waals surface area contributed by atoms with Gasteiger partial charge in [-0.3, -0.25) is 4.99 Å². The Morgan fingerprint density at radius 2 is 2.19 bits per heavy atom.